The molecule has 0 saturated heterocycles. The lowest BCUT2D eigenvalue weighted by atomic mass is 10.1. The lowest BCUT2D eigenvalue weighted by molar-refractivity contribution is -0.149. The van der Waals surface area contributed by atoms with Gasteiger partial charge in [0.05, 0.1) is 5.69 Å². The van der Waals surface area contributed by atoms with Gasteiger partial charge in [0, 0.05) is 11.6 Å². The van der Waals surface area contributed by atoms with Gasteiger partial charge in [0.15, 0.2) is 19.0 Å². The Morgan fingerprint density at radius 1 is 1.00 bits per heavy atom. The van der Waals surface area contributed by atoms with Crippen LogP contribution in [0.2, 0.25) is 0 Å². The van der Waals surface area contributed by atoms with Crippen LogP contribution >= 0.6 is 0 Å². The highest BCUT2D eigenvalue weighted by atomic mass is 19.1. The molecule has 6 nitrogen and oxygen atoms in total. The summed E-state index contributed by atoms with van der Waals surface area (Å²) in [5.41, 5.74) is 0.277. The fraction of sp³-hybridized carbons (Fsp3) is 0.167. The third kappa shape index (κ3) is 5.66. The van der Waals surface area contributed by atoms with Crippen LogP contribution in [0.1, 0.15) is 17.3 Å². The average molecular weight is 363 g/mol. The number of carbonyl (C=O) groups excluding carboxylic acids is 3. The summed E-state index contributed by atoms with van der Waals surface area (Å²) in [5, 5.41) is 2.15. The van der Waals surface area contributed by atoms with Gasteiger partial charge in [-0.05, 0) is 43.3 Å². The molecule has 0 aromatic heterocycles. The second-order valence-electron chi connectivity index (χ2n) is 5.20. The van der Waals surface area contributed by atoms with Gasteiger partial charge in [-0.3, -0.25) is 9.59 Å². The van der Waals surface area contributed by atoms with Gasteiger partial charge >= 0.3 is 5.97 Å². The van der Waals surface area contributed by atoms with E-state index in [1.807, 2.05) is 0 Å². The summed E-state index contributed by atoms with van der Waals surface area (Å²) in [6.07, 6.45) is 0. The van der Waals surface area contributed by atoms with Crippen LogP contribution in [-0.4, -0.2) is 30.9 Å². The van der Waals surface area contributed by atoms with Crippen molar-refractivity contribution in [2.24, 2.45) is 0 Å². The van der Waals surface area contributed by atoms with Crippen LogP contribution in [0.25, 0.3) is 0 Å². The first-order chi connectivity index (χ1) is 12.3. The van der Waals surface area contributed by atoms with Crippen LogP contribution < -0.4 is 10.1 Å². The summed E-state index contributed by atoms with van der Waals surface area (Å²) in [6, 6.07) is 8.80. The molecule has 0 aliphatic carbocycles. The standard InChI is InChI=1S/C18H15F2NO5/c1-11(22)12-2-5-14(6-3-12)25-10-18(24)26-9-17(23)21-16-7-4-13(19)8-15(16)20/h2-8H,9-10H2,1H3,(H,21,23). The van der Waals surface area contributed by atoms with Crippen LogP contribution in [0.15, 0.2) is 42.5 Å². The Bertz CT molecular complexity index is 821. The van der Waals surface area contributed by atoms with E-state index in [0.717, 1.165) is 12.1 Å². The number of anilines is 1. The Morgan fingerprint density at radius 3 is 2.31 bits per heavy atom. The first-order valence-electron chi connectivity index (χ1n) is 7.49. The molecule has 2 rings (SSSR count). The van der Waals surface area contributed by atoms with Crippen molar-refractivity contribution in [2.45, 2.75) is 6.92 Å². The molecule has 2 aromatic carbocycles. The number of rotatable bonds is 7. The predicted octanol–water partition coefficient (Wildman–Crippen LogP) is 2.73. The Hall–Kier alpha value is -3.29. The maximum Gasteiger partial charge on any atom is 0.344 e. The highest BCUT2D eigenvalue weighted by Crippen LogP contribution is 2.15. The summed E-state index contributed by atoms with van der Waals surface area (Å²) in [7, 11) is 0. The molecule has 1 amide bonds. The Balaban J connectivity index is 1.75. The minimum Gasteiger partial charge on any atom is -0.482 e. The summed E-state index contributed by atoms with van der Waals surface area (Å²) >= 11 is 0. The van der Waals surface area contributed by atoms with Crippen molar-refractivity contribution in [1.82, 2.24) is 0 Å². The van der Waals surface area contributed by atoms with Crippen molar-refractivity contribution in [1.29, 1.82) is 0 Å². The molecule has 0 radical (unpaired) electrons. The fourth-order valence-corrected chi connectivity index (χ4v) is 1.89. The van der Waals surface area contributed by atoms with Gasteiger partial charge in [-0.1, -0.05) is 0 Å². The van der Waals surface area contributed by atoms with E-state index in [1.54, 1.807) is 12.1 Å². The number of amides is 1. The molecule has 0 bridgehead atoms. The molecule has 0 spiro atoms. The summed E-state index contributed by atoms with van der Waals surface area (Å²) in [5.74, 6) is -3.06. The quantitative estimate of drug-likeness (QED) is 0.604. The lowest BCUT2D eigenvalue weighted by Crippen LogP contribution is -2.24. The number of benzene rings is 2. The molecule has 0 saturated carbocycles. The molecule has 2 aromatic rings. The molecular weight excluding hydrogens is 348 g/mol. The normalized spacial score (nSPS) is 10.1. The van der Waals surface area contributed by atoms with E-state index < -0.39 is 36.7 Å². The fourth-order valence-electron chi connectivity index (χ4n) is 1.89. The van der Waals surface area contributed by atoms with Crippen molar-refractivity contribution in [3.05, 3.63) is 59.7 Å². The zero-order valence-electron chi connectivity index (χ0n) is 13.8. The summed E-state index contributed by atoms with van der Waals surface area (Å²) in [4.78, 5) is 34.3. The van der Waals surface area contributed by atoms with Gasteiger partial charge in [0.1, 0.15) is 17.4 Å². The molecule has 0 aliphatic heterocycles. The topological polar surface area (TPSA) is 81.7 Å². The third-order valence-electron chi connectivity index (χ3n) is 3.19. The Labute approximate surface area is 147 Å². The van der Waals surface area contributed by atoms with Crippen LogP contribution in [0.3, 0.4) is 0 Å². The lowest BCUT2D eigenvalue weighted by Gasteiger charge is -2.08. The summed E-state index contributed by atoms with van der Waals surface area (Å²) < 4.78 is 36.0. The van der Waals surface area contributed by atoms with Crippen molar-refractivity contribution in [3.63, 3.8) is 0 Å². The maximum atomic E-state index is 13.4. The number of ketones is 1. The van der Waals surface area contributed by atoms with Crippen molar-refractivity contribution in [2.75, 3.05) is 18.5 Å². The number of halogens is 2. The molecule has 1 N–H and O–H groups in total. The van der Waals surface area contributed by atoms with Gasteiger partial charge in [0.25, 0.3) is 5.91 Å². The Kier molecular flexibility index (Phi) is 6.37. The van der Waals surface area contributed by atoms with E-state index in [9.17, 15) is 23.2 Å². The average Bonchev–Trinajstić information content (AvgIpc) is 2.61. The van der Waals surface area contributed by atoms with Gasteiger partial charge in [-0.25, -0.2) is 13.6 Å². The SMILES string of the molecule is CC(=O)c1ccc(OCC(=O)OCC(=O)Nc2ccc(F)cc2F)cc1. The van der Waals surface area contributed by atoms with Gasteiger partial charge < -0.3 is 14.8 Å². The number of esters is 1. The minimum atomic E-state index is -0.943. The van der Waals surface area contributed by atoms with Crippen LogP contribution in [-0.2, 0) is 14.3 Å². The van der Waals surface area contributed by atoms with E-state index in [-0.39, 0.29) is 11.5 Å². The maximum absolute atomic E-state index is 13.4. The zero-order valence-corrected chi connectivity index (χ0v) is 13.8. The molecule has 0 unspecified atom stereocenters. The molecule has 0 aliphatic rings. The molecule has 0 atom stereocenters. The van der Waals surface area contributed by atoms with E-state index in [0.29, 0.717) is 17.4 Å². The van der Waals surface area contributed by atoms with Gasteiger partial charge in [-0.15, -0.1) is 0 Å². The molecule has 26 heavy (non-hydrogen) atoms. The Morgan fingerprint density at radius 2 is 1.69 bits per heavy atom. The first-order valence-corrected chi connectivity index (χ1v) is 7.49. The molecule has 136 valence electrons. The van der Waals surface area contributed by atoms with Crippen molar-refractivity contribution < 1.29 is 32.6 Å². The third-order valence-corrected chi connectivity index (χ3v) is 3.19. The number of nitrogens with one attached hydrogen (secondary N) is 1. The monoisotopic (exact) mass is 363 g/mol. The number of carbonyl (C=O) groups is 3. The van der Waals surface area contributed by atoms with E-state index in [4.69, 9.17) is 9.47 Å². The smallest absolute Gasteiger partial charge is 0.344 e. The molecular formula is C18H15F2NO5. The predicted molar refractivity (Wildman–Crippen MR) is 87.9 cm³/mol. The number of Topliss-reactive ketones (excluding diaryl/α,β-unsaturated/α-hetero) is 1. The van der Waals surface area contributed by atoms with Gasteiger partial charge in [-0.2, -0.15) is 0 Å². The van der Waals surface area contributed by atoms with Crippen LogP contribution in [0, 0.1) is 11.6 Å². The highest BCUT2D eigenvalue weighted by molar-refractivity contribution is 5.94. The van der Waals surface area contributed by atoms with Crippen LogP contribution in [0.4, 0.5) is 14.5 Å². The van der Waals surface area contributed by atoms with Crippen LogP contribution in [0.5, 0.6) is 5.75 Å². The first kappa shape index (κ1) is 19.0. The van der Waals surface area contributed by atoms with E-state index in [2.05, 4.69) is 5.32 Å². The van der Waals surface area contributed by atoms with Gasteiger partial charge in [0.2, 0.25) is 0 Å². The number of hydrogen-bond acceptors (Lipinski definition) is 5. The summed E-state index contributed by atoms with van der Waals surface area (Å²) in [6.45, 7) is 0.329. The molecule has 0 heterocycles. The highest BCUT2D eigenvalue weighted by Gasteiger charge is 2.11. The van der Waals surface area contributed by atoms with Crippen molar-refractivity contribution in [3.8, 4) is 5.75 Å². The molecule has 8 heteroatoms. The molecule has 0 fully saturated rings. The largest absolute Gasteiger partial charge is 0.482 e. The zero-order chi connectivity index (χ0) is 19.1. The van der Waals surface area contributed by atoms with E-state index >= 15 is 0 Å². The number of hydrogen-bond donors (Lipinski definition) is 1. The van der Waals surface area contributed by atoms with E-state index in [1.165, 1.54) is 19.1 Å². The number of ether oxygens (including phenoxy) is 2. The second kappa shape index (κ2) is 8.70. The van der Waals surface area contributed by atoms with Crippen molar-refractivity contribution >= 4 is 23.3 Å². The second-order valence-corrected chi connectivity index (χ2v) is 5.20. The minimum absolute atomic E-state index is 0.0976.